The Balaban J connectivity index is 1.36. The number of carbonyl (C=O) groups is 2. The molecule has 5 nitrogen and oxygen atoms in total. The van der Waals surface area contributed by atoms with E-state index in [1.165, 1.54) is 10.9 Å². The van der Waals surface area contributed by atoms with E-state index >= 15 is 0 Å². The fourth-order valence-corrected chi connectivity index (χ4v) is 5.13. The summed E-state index contributed by atoms with van der Waals surface area (Å²) >= 11 is 1.63. The molecule has 1 aliphatic heterocycles. The van der Waals surface area contributed by atoms with E-state index in [0.717, 1.165) is 28.0 Å². The van der Waals surface area contributed by atoms with E-state index in [0.29, 0.717) is 13.1 Å². The molecule has 0 bridgehead atoms. The number of likely N-dealkylation sites (tertiary alicyclic amines) is 1. The van der Waals surface area contributed by atoms with Gasteiger partial charge in [0.05, 0.1) is 12.5 Å². The molecule has 1 aliphatic rings. The first kappa shape index (κ1) is 18.9. The molecule has 1 unspecified atom stereocenters. The maximum atomic E-state index is 12.9. The van der Waals surface area contributed by atoms with E-state index in [-0.39, 0.29) is 24.2 Å². The van der Waals surface area contributed by atoms with Crippen molar-refractivity contribution in [3.63, 3.8) is 0 Å². The standard InChI is InChI=1S/C24H23N3O2S/c1-2-27-21-8-4-3-7-19(21)20-13-17(9-10-22(20)27)25-24(29)16-12-23(28)26(14-16)15-18-6-5-11-30-18/h3-11,13,16H,2,12,14-15H2,1H3,(H,25,29). The average Bonchev–Trinajstić information content (AvgIpc) is 3.47. The summed E-state index contributed by atoms with van der Waals surface area (Å²) < 4.78 is 2.29. The number of rotatable bonds is 5. The van der Waals surface area contributed by atoms with Crippen molar-refractivity contribution in [1.82, 2.24) is 9.47 Å². The molecule has 1 fully saturated rings. The van der Waals surface area contributed by atoms with Crippen molar-refractivity contribution in [2.45, 2.75) is 26.4 Å². The van der Waals surface area contributed by atoms with Gasteiger partial charge in [0.25, 0.3) is 0 Å². The number of hydrogen-bond donors (Lipinski definition) is 1. The van der Waals surface area contributed by atoms with Gasteiger partial charge in [-0.25, -0.2) is 0 Å². The van der Waals surface area contributed by atoms with Gasteiger partial charge < -0.3 is 14.8 Å². The highest BCUT2D eigenvalue weighted by Gasteiger charge is 2.34. The second-order valence-corrected chi connectivity index (χ2v) is 8.77. The molecule has 1 atom stereocenters. The van der Waals surface area contributed by atoms with Crippen molar-refractivity contribution in [3.8, 4) is 0 Å². The fourth-order valence-electron chi connectivity index (χ4n) is 4.41. The highest BCUT2D eigenvalue weighted by atomic mass is 32.1. The van der Waals surface area contributed by atoms with Crippen LogP contribution in [0.2, 0.25) is 0 Å². The number of anilines is 1. The molecule has 0 aliphatic carbocycles. The predicted octanol–water partition coefficient (Wildman–Crippen LogP) is 4.86. The number of nitrogens with one attached hydrogen (secondary N) is 1. The number of nitrogens with zero attached hydrogens (tertiary/aromatic N) is 2. The summed E-state index contributed by atoms with van der Waals surface area (Å²) in [5.74, 6) is -0.356. The van der Waals surface area contributed by atoms with E-state index < -0.39 is 0 Å². The van der Waals surface area contributed by atoms with Crippen molar-refractivity contribution in [3.05, 3.63) is 64.9 Å². The summed E-state index contributed by atoms with van der Waals surface area (Å²) in [6.45, 7) is 4.09. The molecule has 2 amide bonds. The number of para-hydroxylation sites is 1. The van der Waals surface area contributed by atoms with Crippen LogP contribution in [-0.4, -0.2) is 27.8 Å². The summed E-state index contributed by atoms with van der Waals surface area (Å²) in [6.07, 6.45) is 0.272. The van der Waals surface area contributed by atoms with E-state index in [9.17, 15) is 9.59 Å². The van der Waals surface area contributed by atoms with Crippen LogP contribution in [0, 0.1) is 5.92 Å². The molecule has 152 valence electrons. The SMILES string of the molecule is CCn1c2ccccc2c2cc(NC(=O)C3CC(=O)N(Cc4cccs4)C3)ccc21. The van der Waals surface area contributed by atoms with Crippen LogP contribution in [0.5, 0.6) is 0 Å². The number of hydrogen-bond acceptors (Lipinski definition) is 3. The van der Waals surface area contributed by atoms with Gasteiger partial charge in [0.15, 0.2) is 0 Å². The Hall–Kier alpha value is -3.12. The van der Waals surface area contributed by atoms with Gasteiger partial charge in [-0.05, 0) is 42.6 Å². The molecular weight excluding hydrogens is 394 g/mol. The molecule has 2 aromatic carbocycles. The normalized spacial score (nSPS) is 16.6. The molecule has 0 saturated carbocycles. The van der Waals surface area contributed by atoms with Gasteiger partial charge in [0.2, 0.25) is 11.8 Å². The van der Waals surface area contributed by atoms with Gasteiger partial charge in [-0.1, -0.05) is 24.3 Å². The largest absolute Gasteiger partial charge is 0.341 e. The van der Waals surface area contributed by atoms with Crippen molar-refractivity contribution >= 4 is 50.6 Å². The maximum absolute atomic E-state index is 12.9. The Morgan fingerprint density at radius 2 is 1.93 bits per heavy atom. The minimum atomic E-state index is -0.315. The maximum Gasteiger partial charge on any atom is 0.229 e. The Labute approximate surface area is 178 Å². The van der Waals surface area contributed by atoms with Crippen LogP contribution in [0.15, 0.2) is 60.0 Å². The summed E-state index contributed by atoms with van der Waals surface area (Å²) in [7, 11) is 0. The van der Waals surface area contributed by atoms with Gasteiger partial charge in [-0.15, -0.1) is 11.3 Å². The molecule has 0 radical (unpaired) electrons. The first-order valence-corrected chi connectivity index (χ1v) is 11.1. The second kappa shape index (κ2) is 7.61. The quantitative estimate of drug-likeness (QED) is 0.504. The first-order chi connectivity index (χ1) is 14.6. The molecule has 1 N–H and O–H groups in total. The Morgan fingerprint density at radius 1 is 1.10 bits per heavy atom. The molecular formula is C24H23N3O2S. The zero-order chi connectivity index (χ0) is 20.7. The number of thiophene rings is 1. The van der Waals surface area contributed by atoms with Crippen molar-refractivity contribution in [1.29, 1.82) is 0 Å². The number of benzene rings is 2. The van der Waals surface area contributed by atoms with Crippen LogP contribution >= 0.6 is 11.3 Å². The highest BCUT2D eigenvalue weighted by Crippen LogP contribution is 2.31. The lowest BCUT2D eigenvalue weighted by atomic mass is 10.1. The Kier molecular flexibility index (Phi) is 4.79. The summed E-state index contributed by atoms with van der Waals surface area (Å²) in [5.41, 5.74) is 3.13. The summed E-state index contributed by atoms with van der Waals surface area (Å²) in [4.78, 5) is 28.2. The fraction of sp³-hybridized carbons (Fsp3) is 0.250. The van der Waals surface area contributed by atoms with Crippen LogP contribution < -0.4 is 5.32 Å². The number of aryl methyl sites for hydroxylation is 1. The molecule has 3 heterocycles. The molecule has 6 heteroatoms. The zero-order valence-electron chi connectivity index (χ0n) is 16.8. The molecule has 4 aromatic rings. The van der Waals surface area contributed by atoms with Gasteiger partial charge in [-0.2, -0.15) is 0 Å². The molecule has 1 saturated heterocycles. The van der Waals surface area contributed by atoms with E-state index in [4.69, 9.17) is 0 Å². The van der Waals surface area contributed by atoms with Crippen LogP contribution in [-0.2, 0) is 22.7 Å². The number of fused-ring (bicyclic) bond motifs is 3. The second-order valence-electron chi connectivity index (χ2n) is 7.74. The number of amides is 2. The van der Waals surface area contributed by atoms with Gasteiger partial charge >= 0.3 is 0 Å². The predicted molar refractivity (Wildman–Crippen MR) is 122 cm³/mol. The minimum absolute atomic E-state index is 0.0463. The van der Waals surface area contributed by atoms with Gasteiger partial charge in [0.1, 0.15) is 0 Å². The number of aromatic nitrogens is 1. The number of carbonyl (C=O) groups excluding carboxylic acids is 2. The average molecular weight is 418 g/mol. The van der Waals surface area contributed by atoms with E-state index in [2.05, 4.69) is 41.1 Å². The Bertz CT molecular complexity index is 1240. The smallest absolute Gasteiger partial charge is 0.229 e. The Morgan fingerprint density at radius 3 is 2.73 bits per heavy atom. The van der Waals surface area contributed by atoms with Gasteiger partial charge in [-0.3, -0.25) is 9.59 Å². The molecule has 0 spiro atoms. The van der Waals surface area contributed by atoms with Crippen LogP contribution in [0.1, 0.15) is 18.2 Å². The first-order valence-electron chi connectivity index (χ1n) is 10.3. The van der Waals surface area contributed by atoms with Crippen LogP contribution in [0.4, 0.5) is 5.69 Å². The summed E-state index contributed by atoms with van der Waals surface area (Å²) in [6, 6.07) is 18.4. The third kappa shape index (κ3) is 3.27. The van der Waals surface area contributed by atoms with Gasteiger partial charge in [0, 0.05) is 51.9 Å². The van der Waals surface area contributed by atoms with E-state index in [1.807, 2.05) is 35.7 Å². The van der Waals surface area contributed by atoms with Crippen molar-refractivity contribution in [2.75, 3.05) is 11.9 Å². The lowest BCUT2D eigenvalue weighted by Crippen LogP contribution is -2.27. The molecule has 5 rings (SSSR count). The van der Waals surface area contributed by atoms with Crippen molar-refractivity contribution in [2.24, 2.45) is 5.92 Å². The summed E-state index contributed by atoms with van der Waals surface area (Å²) in [5, 5.41) is 7.36. The topological polar surface area (TPSA) is 54.3 Å². The van der Waals surface area contributed by atoms with Crippen LogP contribution in [0.3, 0.4) is 0 Å². The lowest BCUT2D eigenvalue weighted by molar-refractivity contribution is -0.128. The van der Waals surface area contributed by atoms with E-state index in [1.54, 1.807) is 16.2 Å². The highest BCUT2D eigenvalue weighted by molar-refractivity contribution is 7.09. The monoisotopic (exact) mass is 417 g/mol. The lowest BCUT2D eigenvalue weighted by Gasteiger charge is -2.15. The molecule has 2 aromatic heterocycles. The molecule has 30 heavy (non-hydrogen) atoms. The minimum Gasteiger partial charge on any atom is -0.341 e. The third-order valence-electron chi connectivity index (χ3n) is 5.87. The third-order valence-corrected chi connectivity index (χ3v) is 6.73. The zero-order valence-corrected chi connectivity index (χ0v) is 17.6. The van der Waals surface area contributed by atoms with Crippen molar-refractivity contribution < 1.29 is 9.59 Å². The van der Waals surface area contributed by atoms with Crippen LogP contribution in [0.25, 0.3) is 21.8 Å².